The molecule has 0 bridgehead atoms. The van der Waals surface area contributed by atoms with Gasteiger partial charge in [0.25, 0.3) is 5.91 Å². The second-order valence-corrected chi connectivity index (χ2v) is 7.09. The molecule has 5 nitrogen and oxygen atoms in total. The number of carbonyl (C=O) groups excluding carboxylic acids is 2. The lowest BCUT2D eigenvalue weighted by molar-refractivity contribution is -0.151. The van der Waals surface area contributed by atoms with Gasteiger partial charge in [-0.2, -0.15) is 0 Å². The van der Waals surface area contributed by atoms with Crippen LogP contribution >= 0.6 is 11.6 Å². The van der Waals surface area contributed by atoms with Gasteiger partial charge in [-0.25, -0.2) is 4.39 Å². The maximum absolute atomic E-state index is 13.7. The minimum Gasteiger partial charge on any atom is -0.494 e. The summed E-state index contributed by atoms with van der Waals surface area (Å²) in [6.45, 7) is 0.973. The number of rotatable bonds is 5. The van der Waals surface area contributed by atoms with E-state index in [2.05, 4.69) is 0 Å². The van der Waals surface area contributed by atoms with E-state index in [1.807, 2.05) is 0 Å². The van der Waals surface area contributed by atoms with Crippen LogP contribution in [0.2, 0.25) is 5.02 Å². The van der Waals surface area contributed by atoms with E-state index in [0.29, 0.717) is 42.1 Å². The first-order valence-corrected chi connectivity index (χ1v) is 9.39. The summed E-state index contributed by atoms with van der Waals surface area (Å²) in [5, 5.41) is 0.578. The topological polar surface area (TPSA) is 55.8 Å². The molecule has 1 amide bonds. The minimum absolute atomic E-state index is 0.00364. The van der Waals surface area contributed by atoms with E-state index in [0.717, 1.165) is 0 Å². The fraction of sp³-hybridized carbons (Fsp3) is 0.333. The Morgan fingerprint density at radius 1 is 1.14 bits per heavy atom. The van der Waals surface area contributed by atoms with E-state index in [1.165, 1.54) is 19.2 Å². The molecule has 0 radical (unpaired) electrons. The Balaban J connectivity index is 1.49. The summed E-state index contributed by atoms with van der Waals surface area (Å²) in [7, 11) is 1.39. The average Bonchev–Trinajstić information content (AvgIpc) is 2.72. The van der Waals surface area contributed by atoms with E-state index >= 15 is 0 Å². The van der Waals surface area contributed by atoms with Crippen molar-refractivity contribution in [3.8, 4) is 5.75 Å². The van der Waals surface area contributed by atoms with Crippen LogP contribution in [0, 0.1) is 11.7 Å². The molecule has 1 fully saturated rings. The molecule has 3 rings (SSSR count). The highest BCUT2D eigenvalue weighted by atomic mass is 35.5. The number of hydrogen-bond donors (Lipinski definition) is 0. The van der Waals surface area contributed by atoms with Crippen LogP contribution < -0.4 is 4.74 Å². The number of hydrogen-bond acceptors (Lipinski definition) is 4. The fourth-order valence-corrected chi connectivity index (χ4v) is 3.29. The van der Waals surface area contributed by atoms with Crippen LogP contribution in [0.4, 0.5) is 4.39 Å². The van der Waals surface area contributed by atoms with Crippen LogP contribution in [0.5, 0.6) is 5.75 Å². The highest BCUT2D eigenvalue weighted by molar-refractivity contribution is 6.30. The highest BCUT2D eigenvalue weighted by Crippen LogP contribution is 2.22. The van der Waals surface area contributed by atoms with Gasteiger partial charge in [0.1, 0.15) is 6.61 Å². The Kier molecular flexibility index (Phi) is 6.52. The minimum atomic E-state index is -0.495. The second-order valence-electron chi connectivity index (χ2n) is 6.65. The van der Waals surface area contributed by atoms with Gasteiger partial charge in [-0.15, -0.1) is 0 Å². The van der Waals surface area contributed by atoms with Crippen LogP contribution in [-0.4, -0.2) is 37.0 Å². The summed E-state index contributed by atoms with van der Waals surface area (Å²) >= 11 is 5.85. The van der Waals surface area contributed by atoms with Gasteiger partial charge in [0.15, 0.2) is 11.6 Å². The van der Waals surface area contributed by atoms with Crippen LogP contribution in [0.1, 0.15) is 28.8 Å². The molecule has 0 spiro atoms. The van der Waals surface area contributed by atoms with Crippen molar-refractivity contribution in [2.45, 2.75) is 19.4 Å². The largest absolute Gasteiger partial charge is 0.494 e. The third kappa shape index (κ3) is 4.81. The second kappa shape index (κ2) is 9.06. The molecule has 0 atom stereocenters. The number of likely N-dealkylation sites (tertiary alicyclic amines) is 1. The first kappa shape index (κ1) is 20.1. The summed E-state index contributed by atoms with van der Waals surface area (Å²) < 4.78 is 23.9. The van der Waals surface area contributed by atoms with Crippen molar-refractivity contribution in [2.75, 3.05) is 20.2 Å². The maximum Gasteiger partial charge on any atom is 0.309 e. The molecule has 0 N–H and O–H groups in total. The molecule has 1 heterocycles. The number of nitrogens with zero attached hydrogens (tertiary/aromatic N) is 1. The molecule has 1 aliphatic rings. The van der Waals surface area contributed by atoms with Crippen LogP contribution in [-0.2, 0) is 16.1 Å². The van der Waals surface area contributed by atoms with Gasteiger partial charge >= 0.3 is 5.97 Å². The summed E-state index contributed by atoms with van der Waals surface area (Å²) in [6.07, 6.45) is 1.07. The zero-order chi connectivity index (χ0) is 20.1. The number of methoxy groups -OCH3 is 1. The molecule has 0 unspecified atom stereocenters. The number of carbonyl (C=O) groups is 2. The summed E-state index contributed by atoms with van der Waals surface area (Å²) in [5.74, 6) is -1.01. The predicted octanol–water partition coefficient (Wildman–Crippen LogP) is 4.08. The normalized spacial score (nSPS) is 14.6. The highest BCUT2D eigenvalue weighted by Gasteiger charge is 2.28. The number of halogens is 2. The zero-order valence-electron chi connectivity index (χ0n) is 15.5. The number of benzene rings is 2. The third-order valence-corrected chi connectivity index (χ3v) is 5.06. The van der Waals surface area contributed by atoms with E-state index < -0.39 is 5.82 Å². The van der Waals surface area contributed by atoms with E-state index in [-0.39, 0.29) is 30.2 Å². The molecule has 28 heavy (non-hydrogen) atoms. The van der Waals surface area contributed by atoms with E-state index in [4.69, 9.17) is 21.1 Å². The SMILES string of the molecule is COc1ccc(COC(=O)C2CCN(C(=O)c3ccc(Cl)cc3)CC2)cc1F. The van der Waals surface area contributed by atoms with Gasteiger partial charge in [-0.05, 0) is 54.8 Å². The predicted molar refractivity (Wildman–Crippen MR) is 103 cm³/mol. The fourth-order valence-electron chi connectivity index (χ4n) is 3.17. The number of esters is 1. The number of amides is 1. The molecule has 1 aliphatic heterocycles. The molecule has 2 aromatic rings. The monoisotopic (exact) mass is 405 g/mol. The van der Waals surface area contributed by atoms with Crippen LogP contribution in [0.15, 0.2) is 42.5 Å². The standard InChI is InChI=1S/C21H21ClFNO4/c1-27-19-7-2-14(12-18(19)23)13-28-21(26)16-8-10-24(11-9-16)20(25)15-3-5-17(22)6-4-15/h2-7,12,16H,8-11,13H2,1H3. The van der Waals surface area contributed by atoms with E-state index in [1.54, 1.807) is 35.2 Å². The third-order valence-electron chi connectivity index (χ3n) is 4.80. The maximum atomic E-state index is 13.7. The quantitative estimate of drug-likeness (QED) is 0.703. The lowest BCUT2D eigenvalue weighted by Gasteiger charge is -2.31. The molecule has 0 saturated carbocycles. The lowest BCUT2D eigenvalue weighted by Crippen LogP contribution is -2.40. The van der Waals surface area contributed by atoms with Crippen LogP contribution in [0.25, 0.3) is 0 Å². The lowest BCUT2D eigenvalue weighted by atomic mass is 9.96. The molecule has 0 aromatic heterocycles. The first-order valence-electron chi connectivity index (χ1n) is 9.02. The van der Waals surface area contributed by atoms with Gasteiger partial charge < -0.3 is 14.4 Å². The van der Waals surface area contributed by atoms with Gasteiger partial charge in [0.05, 0.1) is 13.0 Å². The Labute approximate surface area is 168 Å². The van der Waals surface area contributed by atoms with E-state index in [9.17, 15) is 14.0 Å². The van der Waals surface area contributed by atoms with Crippen molar-refractivity contribution < 1.29 is 23.5 Å². The van der Waals surface area contributed by atoms with Crippen molar-refractivity contribution in [2.24, 2.45) is 5.92 Å². The Morgan fingerprint density at radius 3 is 2.43 bits per heavy atom. The average molecular weight is 406 g/mol. The van der Waals surface area contributed by atoms with Gasteiger partial charge in [0, 0.05) is 23.7 Å². The summed E-state index contributed by atoms with van der Waals surface area (Å²) in [4.78, 5) is 26.5. The molecule has 148 valence electrons. The first-order chi connectivity index (χ1) is 13.5. The smallest absolute Gasteiger partial charge is 0.309 e. The van der Waals surface area contributed by atoms with Crippen molar-refractivity contribution in [3.05, 3.63) is 64.4 Å². The van der Waals surface area contributed by atoms with Crippen LogP contribution in [0.3, 0.4) is 0 Å². The summed E-state index contributed by atoms with van der Waals surface area (Å²) in [6, 6.07) is 11.2. The summed E-state index contributed by atoms with van der Waals surface area (Å²) in [5.41, 5.74) is 1.13. The molecule has 1 saturated heterocycles. The van der Waals surface area contributed by atoms with Crippen molar-refractivity contribution in [1.82, 2.24) is 4.90 Å². The molecule has 7 heteroatoms. The van der Waals surface area contributed by atoms with Crippen molar-refractivity contribution in [1.29, 1.82) is 0 Å². The molecular weight excluding hydrogens is 385 g/mol. The Bertz CT molecular complexity index is 848. The number of piperidine rings is 1. The van der Waals surface area contributed by atoms with Crippen molar-refractivity contribution >= 4 is 23.5 Å². The van der Waals surface area contributed by atoms with Gasteiger partial charge in [0.2, 0.25) is 0 Å². The van der Waals surface area contributed by atoms with Gasteiger partial charge in [-0.1, -0.05) is 17.7 Å². The van der Waals surface area contributed by atoms with Gasteiger partial charge in [-0.3, -0.25) is 9.59 Å². The number of ether oxygens (including phenoxy) is 2. The molecule has 0 aliphatic carbocycles. The zero-order valence-corrected chi connectivity index (χ0v) is 16.2. The Morgan fingerprint density at radius 2 is 1.82 bits per heavy atom. The molecular formula is C21H21ClFNO4. The van der Waals surface area contributed by atoms with Crippen molar-refractivity contribution in [3.63, 3.8) is 0 Å². The Hall–Kier alpha value is -2.60. The molecule has 2 aromatic carbocycles.